The van der Waals surface area contributed by atoms with Crippen molar-refractivity contribution in [3.8, 4) is 17.2 Å². The van der Waals surface area contributed by atoms with Gasteiger partial charge in [-0.15, -0.1) is 10.2 Å². The molecule has 1 atom stereocenters. The predicted molar refractivity (Wildman–Crippen MR) is 172 cm³/mol. The van der Waals surface area contributed by atoms with Crippen LogP contribution in [0, 0.1) is 6.92 Å². The van der Waals surface area contributed by atoms with E-state index in [-0.39, 0.29) is 22.2 Å². The second-order valence-corrected chi connectivity index (χ2v) is 12.5. The molecular formula is C31H26ClN5O6S2. The van der Waals surface area contributed by atoms with Crippen LogP contribution in [0.15, 0.2) is 70.7 Å². The molecule has 0 radical (unpaired) electrons. The van der Waals surface area contributed by atoms with E-state index < -0.39 is 17.7 Å². The number of carbonyl (C=O) groups is 2. The smallest absolute Gasteiger partial charge is 0.301 e. The molecule has 1 aliphatic heterocycles. The number of amides is 1. The molecule has 0 saturated carbocycles. The van der Waals surface area contributed by atoms with Crippen molar-refractivity contribution in [3.63, 3.8) is 0 Å². The van der Waals surface area contributed by atoms with Crippen molar-refractivity contribution in [2.75, 3.05) is 26.2 Å². The van der Waals surface area contributed by atoms with E-state index >= 15 is 0 Å². The van der Waals surface area contributed by atoms with Crippen LogP contribution in [0.3, 0.4) is 0 Å². The number of halogens is 1. The van der Waals surface area contributed by atoms with E-state index in [2.05, 4.69) is 15.2 Å². The van der Waals surface area contributed by atoms with Crippen molar-refractivity contribution in [2.24, 2.45) is 0 Å². The van der Waals surface area contributed by atoms with Crippen LogP contribution in [0.5, 0.6) is 17.2 Å². The van der Waals surface area contributed by atoms with Gasteiger partial charge in [-0.1, -0.05) is 52.9 Å². The first-order chi connectivity index (χ1) is 21.7. The lowest BCUT2D eigenvalue weighted by Crippen LogP contribution is -2.29. The first kappa shape index (κ1) is 30.4. The summed E-state index contributed by atoms with van der Waals surface area (Å²) < 4.78 is 18.9. The summed E-state index contributed by atoms with van der Waals surface area (Å²) in [5.74, 6) is -0.606. The molecule has 45 heavy (non-hydrogen) atoms. The SMILES string of the molecule is COc1cc(C2C(=C(O)c3c(C)nc4ccccn34)C(=O)C(=O)N2c2nnc(SCc3ccc(Cl)cc3)s2)cc(OC)c1OC. The normalized spacial score (nSPS) is 16.0. The fourth-order valence-electron chi connectivity index (χ4n) is 5.21. The molecule has 2 aromatic carbocycles. The van der Waals surface area contributed by atoms with Crippen LogP contribution in [0.1, 0.15) is 28.6 Å². The first-order valence-corrected chi connectivity index (χ1v) is 15.7. The lowest BCUT2D eigenvalue weighted by atomic mass is 9.95. The summed E-state index contributed by atoms with van der Waals surface area (Å²) >= 11 is 8.61. The third-order valence-electron chi connectivity index (χ3n) is 7.25. The Morgan fingerprint density at radius 3 is 2.40 bits per heavy atom. The third kappa shape index (κ3) is 5.47. The standard InChI is InChI=1S/C31H26ClN5O6S2/c1-16-24(36-12-6-5-7-22(36)33-16)26(38)23-25(18-13-20(41-2)28(43-4)21(14-18)42-3)37(29(40)27(23)39)30-34-35-31(45-30)44-15-17-8-10-19(32)11-9-17/h5-14,25,38H,15H2,1-4H3. The number of methoxy groups -OCH3 is 3. The molecule has 1 aliphatic rings. The molecule has 5 aromatic rings. The summed E-state index contributed by atoms with van der Waals surface area (Å²) in [6.07, 6.45) is 1.73. The highest BCUT2D eigenvalue weighted by molar-refractivity contribution is 8.00. The molecule has 1 saturated heterocycles. The zero-order chi connectivity index (χ0) is 31.8. The fourth-order valence-corrected chi connectivity index (χ4v) is 7.16. The summed E-state index contributed by atoms with van der Waals surface area (Å²) in [6, 6.07) is 15.0. The van der Waals surface area contributed by atoms with E-state index in [0.29, 0.717) is 49.3 Å². The number of rotatable bonds is 9. The van der Waals surface area contributed by atoms with Crippen molar-refractivity contribution in [3.05, 3.63) is 93.9 Å². The average Bonchev–Trinajstić information content (AvgIpc) is 3.73. The number of hydrogen-bond acceptors (Lipinski definition) is 11. The number of benzene rings is 2. The molecule has 0 bridgehead atoms. The minimum atomic E-state index is -1.12. The van der Waals surface area contributed by atoms with Crippen LogP contribution in [0.4, 0.5) is 5.13 Å². The number of nitrogens with zero attached hydrogens (tertiary/aromatic N) is 5. The van der Waals surface area contributed by atoms with Gasteiger partial charge in [0.15, 0.2) is 21.6 Å². The zero-order valence-corrected chi connectivity index (χ0v) is 26.9. The Kier molecular flexibility index (Phi) is 8.40. The van der Waals surface area contributed by atoms with Gasteiger partial charge in [-0.05, 0) is 54.4 Å². The van der Waals surface area contributed by atoms with Crippen LogP contribution < -0.4 is 19.1 Å². The molecule has 4 heterocycles. The second kappa shape index (κ2) is 12.4. The summed E-state index contributed by atoms with van der Waals surface area (Å²) in [4.78, 5) is 33.4. The van der Waals surface area contributed by atoms with Gasteiger partial charge in [0, 0.05) is 17.0 Å². The van der Waals surface area contributed by atoms with Crippen molar-refractivity contribution >= 4 is 62.9 Å². The van der Waals surface area contributed by atoms with Gasteiger partial charge in [0.1, 0.15) is 11.3 Å². The monoisotopic (exact) mass is 663 g/mol. The fraction of sp³-hybridized carbons (Fsp3) is 0.194. The van der Waals surface area contributed by atoms with Crippen molar-refractivity contribution in [1.82, 2.24) is 19.6 Å². The Bertz CT molecular complexity index is 1950. The van der Waals surface area contributed by atoms with Gasteiger partial charge in [-0.25, -0.2) is 4.98 Å². The van der Waals surface area contributed by atoms with Crippen LogP contribution >= 0.6 is 34.7 Å². The van der Waals surface area contributed by atoms with Gasteiger partial charge in [0.2, 0.25) is 10.9 Å². The number of aliphatic hydroxyl groups excluding tert-OH is 1. The maximum atomic E-state index is 13.8. The van der Waals surface area contributed by atoms with E-state index in [1.54, 1.807) is 41.8 Å². The maximum absolute atomic E-state index is 13.8. The van der Waals surface area contributed by atoms with E-state index in [1.807, 2.05) is 30.3 Å². The quantitative estimate of drug-likeness (QED) is 0.0650. The first-order valence-electron chi connectivity index (χ1n) is 13.5. The van der Waals surface area contributed by atoms with Gasteiger partial charge in [-0.2, -0.15) is 0 Å². The van der Waals surface area contributed by atoms with Gasteiger partial charge in [0.25, 0.3) is 5.78 Å². The highest BCUT2D eigenvalue weighted by Crippen LogP contribution is 2.48. The lowest BCUT2D eigenvalue weighted by Gasteiger charge is -2.24. The number of fused-ring (bicyclic) bond motifs is 1. The summed E-state index contributed by atoms with van der Waals surface area (Å²) in [6.45, 7) is 1.72. The molecule has 14 heteroatoms. The van der Waals surface area contributed by atoms with Gasteiger partial charge in [0.05, 0.1) is 38.6 Å². The zero-order valence-electron chi connectivity index (χ0n) is 24.5. The number of imidazole rings is 1. The molecular weight excluding hydrogens is 638 g/mol. The Labute approximate surface area is 271 Å². The lowest BCUT2D eigenvalue weighted by molar-refractivity contribution is -0.132. The number of Topliss-reactive ketones (excluding diaryl/α,β-unsaturated/α-hetero) is 1. The molecule has 0 spiro atoms. The number of ketones is 1. The number of aliphatic hydroxyl groups is 1. The van der Waals surface area contributed by atoms with E-state index in [1.165, 1.54) is 38.0 Å². The molecule has 1 unspecified atom stereocenters. The second-order valence-electron chi connectivity index (χ2n) is 9.87. The Morgan fingerprint density at radius 2 is 1.73 bits per heavy atom. The topological polar surface area (TPSA) is 128 Å². The number of hydrogen-bond donors (Lipinski definition) is 1. The summed E-state index contributed by atoms with van der Waals surface area (Å²) in [7, 11) is 4.41. The van der Waals surface area contributed by atoms with Gasteiger partial charge in [-0.3, -0.25) is 18.9 Å². The van der Waals surface area contributed by atoms with E-state index in [9.17, 15) is 14.7 Å². The number of aromatic nitrogens is 4. The molecule has 1 amide bonds. The molecule has 1 fully saturated rings. The number of anilines is 1. The van der Waals surface area contributed by atoms with Crippen molar-refractivity contribution in [2.45, 2.75) is 23.1 Å². The highest BCUT2D eigenvalue weighted by Gasteiger charge is 2.49. The van der Waals surface area contributed by atoms with Crippen molar-refractivity contribution in [1.29, 1.82) is 0 Å². The Balaban J connectivity index is 1.50. The Morgan fingerprint density at radius 1 is 1.02 bits per heavy atom. The maximum Gasteiger partial charge on any atom is 0.301 e. The third-order valence-corrected chi connectivity index (χ3v) is 9.63. The van der Waals surface area contributed by atoms with Crippen LogP contribution in [-0.2, 0) is 15.3 Å². The van der Waals surface area contributed by atoms with Crippen LogP contribution in [0.2, 0.25) is 5.02 Å². The van der Waals surface area contributed by atoms with Crippen LogP contribution in [-0.4, -0.2) is 57.7 Å². The number of ether oxygens (including phenoxy) is 3. The van der Waals surface area contributed by atoms with E-state index in [0.717, 1.165) is 16.9 Å². The van der Waals surface area contributed by atoms with Gasteiger partial charge >= 0.3 is 5.91 Å². The number of carbonyl (C=O) groups excluding carboxylic acids is 2. The Hall–Kier alpha value is -4.59. The molecule has 11 nitrogen and oxygen atoms in total. The molecule has 230 valence electrons. The minimum absolute atomic E-state index is 0.145. The highest BCUT2D eigenvalue weighted by atomic mass is 35.5. The molecule has 3 aromatic heterocycles. The van der Waals surface area contributed by atoms with Gasteiger partial charge < -0.3 is 19.3 Å². The predicted octanol–water partition coefficient (Wildman–Crippen LogP) is 6.09. The number of pyridine rings is 1. The van der Waals surface area contributed by atoms with Crippen molar-refractivity contribution < 1.29 is 28.9 Å². The summed E-state index contributed by atoms with van der Waals surface area (Å²) in [5.41, 5.74) is 2.64. The number of thioether (sulfide) groups is 1. The summed E-state index contributed by atoms with van der Waals surface area (Å²) in [5, 5.41) is 21.3. The molecule has 1 N–H and O–H groups in total. The molecule has 0 aliphatic carbocycles. The number of aryl methyl sites for hydroxylation is 1. The molecule has 6 rings (SSSR count). The minimum Gasteiger partial charge on any atom is -0.505 e. The van der Waals surface area contributed by atoms with Crippen LogP contribution in [0.25, 0.3) is 11.4 Å². The van der Waals surface area contributed by atoms with E-state index in [4.69, 9.17) is 25.8 Å². The largest absolute Gasteiger partial charge is 0.505 e. The average molecular weight is 664 g/mol.